The van der Waals surface area contributed by atoms with Gasteiger partial charge in [-0.3, -0.25) is 9.69 Å². The third kappa shape index (κ3) is 4.44. The van der Waals surface area contributed by atoms with E-state index in [4.69, 9.17) is 5.73 Å². The molecule has 5 heteroatoms. The molecule has 0 aliphatic heterocycles. The number of aryl methyl sites for hydroxylation is 1. The van der Waals surface area contributed by atoms with Crippen LogP contribution in [0.3, 0.4) is 0 Å². The zero-order valence-corrected chi connectivity index (χ0v) is 12.9. The van der Waals surface area contributed by atoms with Crippen LogP contribution in [-0.2, 0) is 4.79 Å². The van der Waals surface area contributed by atoms with E-state index in [1.54, 1.807) is 0 Å². The number of nitrogen functional groups attached to an aromatic ring is 1. The summed E-state index contributed by atoms with van der Waals surface area (Å²) < 4.78 is 0. The Morgan fingerprint density at radius 3 is 2.71 bits per heavy atom. The Kier molecular flexibility index (Phi) is 4.85. The number of likely N-dealkylation sites (N-methyl/N-ethyl adjacent to an activating group) is 1. The highest BCUT2D eigenvalue weighted by Crippen LogP contribution is 2.29. The highest BCUT2D eigenvalue weighted by atomic mass is 16.3. The van der Waals surface area contributed by atoms with Gasteiger partial charge in [-0.15, -0.1) is 0 Å². The first-order valence-electron chi connectivity index (χ1n) is 7.45. The minimum atomic E-state index is -0.627. The second kappa shape index (κ2) is 6.45. The maximum Gasteiger partial charge on any atom is 0.238 e. The van der Waals surface area contributed by atoms with Crippen LogP contribution in [0, 0.1) is 6.92 Å². The number of benzene rings is 1. The number of amides is 1. The summed E-state index contributed by atoms with van der Waals surface area (Å²) in [6, 6.07) is 5.56. The molecular formula is C16H25N3O2. The maximum absolute atomic E-state index is 12.0. The van der Waals surface area contributed by atoms with Gasteiger partial charge in [0.25, 0.3) is 0 Å². The number of carbonyl (C=O) groups is 1. The molecule has 1 aliphatic rings. The fraction of sp³-hybridized carbons (Fsp3) is 0.562. The summed E-state index contributed by atoms with van der Waals surface area (Å²) in [6.07, 6.45) is 3.78. The minimum absolute atomic E-state index is 0.116. The zero-order valence-electron chi connectivity index (χ0n) is 12.9. The van der Waals surface area contributed by atoms with Gasteiger partial charge in [0.1, 0.15) is 0 Å². The standard InChI is InChI=1S/C16H25N3O2/c1-12-5-6-14(13(17)9-12)18-15(20)10-19(2)11-16(21)7-3-4-8-16/h5-6,9,21H,3-4,7-8,10-11,17H2,1-2H3,(H,18,20). The third-order valence-electron chi connectivity index (χ3n) is 3.99. The van der Waals surface area contributed by atoms with E-state index in [0.29, 0.717) is 17.9 Å². The average molecular weight is 291 g/mol. The lowest BCUT2D eigenvalue weighted by atomic mass is 10.0. The van der Waals surface area contributed by atoms with Crippen LogP contribution in [0.5, 0.6) is 0 Å². The first kappa shape index (κ1) is 15.8. The van der Waals surface area contributed by atoms with Crippen LogP contribution in [0.25, 0.3) is 0 Å². The van der Waals surface area contributed by atoms with Gasteiger partial charge >= 0.3 is 0 Å². The first-order valence-corrected chi connectivity index (χ1v) is 7.45. The van der Waals surface area contributed by atoms with E-state index < -0.39 is 5.60 Å². The van der Waals surface area contributed by atoms with E-state index in [0.717, 1.165) is 31.2 Å². The number of nitrogens with zero attached hydrogens (tertiary/aromatic N) is 1. The van der Waals surface area contributed by atoms with Crippen molar-refractivity contribution < 1.29 is 9.90 Å². The molecule has 0 unspecified atom stereocenters. The van der Waals surface area contributed by atoms with Crippen LogP contribution in [0.15, 0.2) is 18.2 Å². The summed E-state index contributed by atoms with van der Waals surface area (Å²) in [5.74, 6) is -0.116. The summed E-state index contributed by atoms with van der Waals surface area (Å²) in [6.45, 7) is 2.73. The van der Waals surface area contributed by atoms with Crippen molar-refractivity contribution in [2.45, 2.75) is 38.2 Å². The minimum Gasteiger partial charge on any atom is -0.397 e. The lowest BCUT2D eigenvalue weighted by molar-refractivity contribution is -0.117. The SMILES string of the molecule is Cc1ccc(NC(=O)CN(C)CC2(O)CCCC2)c(N)c1. The lowest BCUT2D eigenvalue weighted by Gasteiger charge is -2.28. The Morgan fingerprint density at radius 1 is 1.43 bits per heavy atom. The van der Waals surface area contributed by atoms with Gasteiger partial charge in [0, 0.05) is 6.54 Å². The maximum atomic E-state index is 12.0. The van der Waals surface area contributed by atoms with Crippen molar-refractivity contribution in [3.8, 4) is 0 Å². The fourth-order valence-corrected chi connectivity index (χ4v) is 2.98. The zero-order chi connectivity index (χ0) is 15.5. The molecule has 0 spiro atoms. The summed E-state index contributed by atoms with van der Waals surface area (Å²) in [4.78, 5) is 13.9. The molecule has 21 heavy (non-hydrogen) atoms. The largest absolute Gasteiger partial charge is 0.397 e. The van der Waals surface area contributed by atoms with E-state index in [2.05, 4.69) is 5.32 Å². The normalized spacial score (nSPS) is 17.1. The number of anilines is 2. The van der Waals surface area contributed by atoms with Crippen LogP contribution in [0.4, 0.5) is 11.4 Å². The molecule has 0 saturated heterocycles. The molecule has 116 valence electrons. The predicted octanol–water partition coefficient (Wildman–Crippen LogP) is 1.75. The number of hydrogen-bond acceptors (Lipinski definition) is 4. The molecule has 0 radical (unpaired) electrons. The average Bonchev–Trinajstić information content (AvgIpc) is 2.78. The van der Waals surface area contributed by atoms with Gasteiger partial charge in [0.2, 0.25) is 5.91 Å². The molecule has 0 bridgehead atoms. The van der Waals surface area contributed by atoms with Crippen molar-refractivity contribution in [3.63, 3.8) is 0 Å². The van der Waals surface area contributed by atoms with Crippen LogP contribution in [0.2, 0.25) is 0 Å². The van der Waals surface area contributed by atoms with Gasteiger partial charge in [0.05, 0.1) is 23.5 Å². The van der Waals surface area contributed by atoms with Gasteiger partial charge < -0.3 is 16.2 Å². The molecule has 1 amide bonds. The second-order valence-corrected chi connectivity index (χ2v) is 6.24. The Labute approximate surface area is 126 Å². The molecule has 1 saturated carbocycles. The first-order chi connectivity index (χ1) is 9.88. The molecular weight excluding hydrogens is 266 g/mol. The Hall–Kier alpha value is -1.59. The fourth-order valence-electron chi connectivity index (χ4n) is 2.98. The number of hydrogen-bond donors (Lipinski definition) is 3. The molecule has 1 aromatic carbocycles. The van der Waals surface area contributed by atoms with Crippen LogP contribution >= 0.6 is 0 Å². The van der Waals surface area contributed by atoms with Gasteiger partial charge in [-0.1, -0.05) is 18.9 Å². The molecule has 0 heterocycles. The second-order valence-electron chi connectivity index (χ2n) is 6.24. The summed E-state index contributed by atoms with van der Waals surface area (Å²) in [7, 11) is 1.86. The highest BCUT2D eigenvalue weighted by Gasteiger charge is 2.32. The number of nitrogens with one attached hydrogen (secondary N) is 1. The summed E-state index contributed by atoms with van der Waals surface area (Å²) >= 11 is 0. The molecule has 0 atom stereocenters. The third-order valence-corrected chi connectivity index (χ3v) is 3.99. The smallest absolute Gasteiger partial charge is 0.238 e. The summed E-state index contributed by atoms with van der Waals surface area (Å²) in [5, 5.41) is 13.2. The van der Waals surface area contributed by atoms with Crippen molar-refractivity contribution in [1.29, 1.82) is 0 Å². The van der Waals surface area contributed by atoms with E-state index >= 15 is 0 Å². The molecule has 4 N–H and O–H groups in total. The van der Waals surface area contributed by atoms with Crippen molar-refractivity contribution in [2.75, 3.05) is 31.2 Å². The quantitative estimate of drug-likeness (QED) is 0.722. The van der Waals surface area contributed by atoms with Crippen molar-refractivity contribution in [2.24, 2.45) is 0 Å². The molecule has 1 aromatic rings. The van der Waals surface area contributed by atoms with Crippen molar-refractivity contribution >= 4 is 17.3 Å². The molecule has 0 aromatic heterocycles. The Balaban J connectivity index is 1.86. The van der Waals surface area contributed by atoms with Crippen LogP contribution < -0.4 is 11.1 Å². The van der Waals surface area contributed by atoms with Crippen molar-refractivity contribution in [1.82, 2.24) is 4.90 Å². The van der Waals surface area contributed by atoms with E-state index in [9.17, 15) is 9.90 Å². The number of aliphatic hydroxyl groups is 1. The van der Waals surface area contributed by atoms with Gasteiger partial charge in [-0.25, -0.2) is 0 Å². The Morgan fingerprint density at radius 2 is 2.10 bits per heavy atom. The van der Waals surface area contributed by atoms with Gasteiger partial charge in [-0.2, -0.15) is 0 Å². The molecule has 1 aliphatic carbocycles. The molecule has 1 fully saturated rings. The highest BCUT2D eigenvalue weighted by molar-refractivity contribution is 5.95. The predicted molar refractivity (Wildman–Crippen MR) is 85.1 cm³/mol. The monoisotopic (exact) mass is 291 g/mol. The number of nitrogens with two attached hydrogens (primary N) is 1. The van der Waals surface area contributed by atoms with Gasteiger partial charge in [0.15, 0.2) is 0 Å². The van der Waals surface area contributed by atoms with Crippen LogP contribution in [-0.4, -0.2) is 41.7 Å². The summed E-state index contributed by atoms with van der Waals surface area (Å²) in [5.41, 5.74) is 7.53. The lowest BCUT2D eigenvalue weighted by Crippen LogP contribution is -2.42. The number of carbonyl (C=O) groups excluding carboxylic acids is 1. The van der Waals surface area contributed by atoms with E-state index in [1.165, 1.54) is 0 Å². The molecule has 2 rings (SSSR count). The van der Waals surface area contributed by atoms with E-state index in [-0.39, 0.29) is 12.5 Å². The van der Waals surface area contributed by atoms with Crippen LogP contribution in [0.1, 0.15) is 31.2 Å². The topological polar surface area (TPSA) is 78.6 Å². The molecule has 5 nitrogen and oxygen atoms in total. The van der Waals surface area contributed by atoms with Crippen molar-refractivity contribution in [3.05, 3.63) is 23.8 Å². The van der Waals surface area contributed by atoms with Gasteiger partial charge in [-0.05, 0) is 44.5 Å². The van der Waals surface area contributed by atoms with E-state index in [1.807, 2.05) is 37.1 Å². The number of rotatable bonds is 5. The Bertz CT molecular complexity index is 510.